The Bertz CT molecular complexity index is 929. The van der Waals surface area contributed by atoms with E-state index < -0.39 is 4.92 Å². The number of fused-ring (bicyclic) bond motifs is 1. The van der Waals surface area contributed by atoms with E-state index in [9.17, 15) is 10.1 Å². The topological polar surface area (TPSA) is 69.7 Å². The first-order chi connectivity index (χ1) is 12.1. The van der Waals surface area contributed by atoms with E-state index in [1.807, 2.05) is 12.1 Å². The van der Waals surface area contributed by atoms with Gasteiger partial charge in [0.2, 0.25) is 0 Å². The molecule has 3 rings (SSSR count). The van der Waals surface area contributed by atoms with Gasteiger partial charge in [0, 0.05) is 40.8 Å². The van der Waals surface area contributed by atoms with Crippen LogP contribution in [0, 0.1) is 10.1 Å². The summed E-state index contributed by atoms with van der Waals surface area (Å²) in [6, 6.07) is 14.8. The number of hydrogen-bond donors (Lipinski definition) is 0. The van der Waals surface area contributed by atoms with Crippen LogP contribution in [0.4, 0.5) is 5.69 Å². The molecule has 6 nitrogen and oxygen atoms in total. The lowest BCUT2D eigenvalue weighted by Crippen LogP contribution is -1.97. The number of nitrogens with zero attached hydrogens (tertiary/aromatic N) is 3. The molecular formula is C19H19N3O3. The Balaban J connectivity index is 1.74. The van der Waals surface area contributed by atoms with E-state index in [1.54, 1.807) is 18.3 Å². The third-order valence-electron chi connectivity index (χ3n) is 3.95. The summed E-state index contributed by atoms with van der Waals surface area (Å²) in [5, 5.41) is 15.9. The van der Waals surface area contributed by atoms with Gasteiger partial charge in [0.05, 0.1) is 11.1 Å². The van der Waals surface area contributed by atoms with Crippen molar-refractivity contribution < 1.29 is 9.76 Å². The van der Waals surface area contributed by atoms with Gasteiger partial charge in [0.1, 0.15) is 6.61 Å². The molecule has 6 heteroatoms. The zero-order valence-electron chi connectivity index (χ0n) is 14.1. The van der Waals surface area contributed by atoms with E-state index >= 15 is 0 Å². The highest BCUT2D eigenvalue weighted by Crippen LogP contribution is 2.23. The molecule has 0 aliphatic heterocycles. The van der Waals surface area contributed by atoms with Crippen LogP contribution < -0.4 is 0 Å². The number of nitro groups is 1. The second kappa shape index (κ2) is 7.17. The molecule has 0 unspecified atom stereocenters. The smallest absolute Gasteiger partial charge is 0.269 e. The molecule has 0 saturated heterocycles. The van der Waals surface area contributed by atoms with Gasteiger partial charge in [-0.15, -0.1) is 0 Å². The lowest BCUT2D eigenvalue weighted by Gasteiger charge is -2.08. The van der Waals surface area contributed by atoms with Gasteiger partial charge in [-0.1, -0.05) is 35.5 Å². The average Bonchev–Trinajstić information content (AvgIpc) is 2.98. The zero-order valence-corrected chi connectivity index (χ0v) is 14.1. The van der Waals surface area contributed by atoms with Gasteiger partial charge in [-0.05, 0) is 25.5 Å². The van der Waals surface area contributed by atoms with Crippen LogP contribution in [0.3, 0.4) is 0 Å². The van der Waals surface area contributed by atoms with Gasteiger partial charge >= 0.3 is 0 Å². The fourth-order valence-corrected chi connectivity index (χ4v) is 2.73. The third-order valence-corrected chi connectivity index (χ3v) is 3.95. The first kappa shape index (κ1) is 16.7. The maximum absolute atomic E-state index is 10.8. The molecule has 3 aromatic rings. The van der Waals surface area contributed by atoms with Crippen LogP contribution in [0.2, 0.25) is 0 Å². The molecule has 128 valence electrons. The van der Waals surface area contributed by atoms with Gasteiger partial charge in [0.15, 0.2) is 0 Å². The number of aromatic nitrogens is 1. The quantitative estimate of drug-likeness (QED) is 0.372. The normalized spacial score (nSPS) is 11.5. The Labute approximate surface area is 145 Å². The van der Waals surface area contributed by atoms with E-state index in [0.29, 0.717) is 11.6 Å². The average molecular weight is 337 g/mol. The van der Waals surface area contributed by atoms with E-state index in [1.165, 1.54) is 12.1 Å². The highest BCUT2D eigenvalue weighted by Gasteiger charge is 2.09. The summed E-state index contributed by atoms with van der Waals surface area (Å²) in [6.45, 7) is 4.44. The molecule has 1 heterocycles. The molecule has 0 amide bonds. The molecule has 0 radical (unpaired) electrons. The molecule has 0 aliphatic carbocycles. The maximum Gasteiger partial charge on any atom is 0.269 e. The molecule has 0 aliphatic rings. The fraction of sp³-hybridized carbons (Fsp3) is 0.211. The standard InChI is InChI=1S/C19H19N3O3/c1-14(2)21-12-16(18-8-3-4-9-19(18)21)11-20-25-13-15-6-5-7-17(10-15)22(23)24/h3-12,14H,13H2,1-2H3/b20-11-. The van der Waals surface area contributed by atoms with Crippen molar-refractivity contribution in [1.29, 1.82) is 0 Å². The summed E-state index contributed by atoms with van der Waals surface area (Å²) in [6.07, 6.45) is 3.73. The second-order valence-corrected chi connectivity index (χ2v) is 6.04. The summed E-state index contributed by atoms with van der Waals surface area (Å²) < 4.78 is 2.19. The molecule has 25 heavy (non-hydrogen) atoms. The number of rotatable bonds is 6. The Morgan fingerprint density at radius 1 is 1.24 bits per heavy atom. The molecule has 0 fully saturated rings. The molecule has 0 atom stereocenters. The van der Waals surface area contributed by atoms with Crippen LogP contribution in [0.25, 0.3) is 10.9 Å². The largest absolute Gasteiger partial charge is 0.391 e. The van der Waals surface area contributed by atoms with E-state index in [0.717, 1.165) is 16.5 Å². The number of para-hydroxylation sites is 1. The highest BCUT2D eigenvalue weighted by atomic mass is 16.6. The van der Waals surface area contributed by atoms with Crippen LogP contribution in [-0.2, 0) is 11.4 Å². The Morgan fingerprint density at radius 2 is 2.04 bits per heavy atom. The van der Waals surface area contributed by atoms with Crippen molar-refractivity contribution in [3.63, 3.8) is 0 Å². The molecular weight excluding hydrogens is 318 g/mol. The van der Waals surface area contributed by atoms with Crippen molar-refractivity contribution >= 4 is 22.8 Å². The molecule has 0 bridgehead atoms. The van der Waals surface area contributed by atoms with Gasteiger partial charge in [-0.25, -0.2) is 0 Å². The van der Waals surface area contributed by atoms with Crippen molar-refractivity contribution in [2.45, 2.75) is 26.5 Å². The maximum atomic E-state index is 10.8. The number of nitro benzene ring substituents is 1. The SMILES string of the molecule is CC(C)n1cc(/C=N\OCc2cccc([N+](=O)[O-])c2)c2ccccc21. The van der Waals surface area contributed by atoms with Gasteiger partial charge in [0.25, 0.3) is 5.69 Å². The van der Waals surface area contributed by atoms with Crippen LogP contribution in [0.5, 0.6) is 0 Å². The molecule has 0 spiro atoms. The van der Waals surface area contributed by atoms with Crippen molar-refractivity contribution in [1.82, 2.24) is 4.57 Å². The highest BCUT2D eigenvalue weighted by molar-refractivity contribution is 5.99. The number of benzene rings is 2. The fourth-order valence-electron chi connectivity index (χ4n) is 2.73. The minimum Gasteiger partial charge on any atom is -0.391 e. The molecule has 0 saturated carbocycles. The molecule has 2 aromatic carbocycles. The van der Waals surface area contributed by atoms with Crippen molar-refractivity contribution in [2.24, 2.45) is 5.16 Å². The summed E-state index contributed by atoms with van der Waals surface area (Å²) in [7, 11) is 0. The van der Waals surface area contributed by atoms with Gasteiger partial charge in [-0.2, -0.15) is 0 Å². The minimum absolute atomic E-state index is 0.0464. The van der Waals surface area contributed by atoms with E-state index in [4.69, 9.17) is 4.84 Å². The van der Waals surface area contributed by atoms with E-state index in [-0.39, 0.29) is 12.3 Å². The Kier molecular flexibility index (Phi) is 4.79. The second-order valence-electron chi connectivity index (χ2n) is 6.04. The van der Waals surface area contributed by atoms with Crippen LogP contribution in [-0.4, -0.2) is 15.7 Å². The van der Waals surface area contributed by atoms with Crippen molar-refractivity contribution in [3.8, 4) is 0 Å². The number of hydrogen-bond acceptors (Lipinski definition) is 4. The zero-order chi connectivity index (χ0) is 17.8. The molecule has 1 aromatic heterocycles. The van der Waals surface area contributed by atoms with Crippen LogP contribution >= 0.6 is 0 Å². The number of oxime groups is 1. The first-order valence-electron chi connectivity index (χ1n) is 8.04. The predicted molar refractivity (Wildman–Crippen MR) is 97.8 cm³/mol. The van der Waals surface area contributed by atoms with Crippen LogP contribution in [0.1, 0.15) is 31.0 Å². The summed E-state index contributed by atoms with van der Waals surface area (Å²) in [5.74, 6) is 0. The Hall–Kier alpha value is -3.15. The van der Waals surface area contributed by atoms with Gasteiger partial charge in [-0.3, -0.25) is 10.1 Å². The summed E-state index contributed by atoms with van der Waals surface area (Å²) >= 11 is 0. The molecule has 0 N–H and O–H groups in total. The Morgan fingerprint density at radius 3 is 2.80 bits per heavy atom. The van der Waals surface area contributed by atoms with Crippen LogP contribution in [0.15, 0.2) is 59.9 Å². The lowest BCUT2D eigenvalue weighted by atomic mass is 10.2. The minimum atomic E-state index is -0.423. The van der Waals surface area contributed by atoms with E-state index in [2.05, 4.69) is 41.9 Å². The first-order valence-corrected chi connectivity index (χ1v) is 8.04. The van der Waals surface area contributed by atoms with Gasteiger partial charge < -0.3 is 9.40 Å². The predicted octanol–water partition coefficient (Wildman–Crippen LogP) is 4.68. The number of non-ortho nitro benzene ring substituents is 1. The monoisotopic (exact) mass is 337 g/mol. The summed E-state index contributed by atoms with van der Waals surface area (Å²) in [4.78, 5) is 15.7. The van der Waals surface area contributed by atoms with Crippen molar-refractivity contribution in [3.05, 3.63) is 76.0 Å². The third kappa shape index (κ3) is 3.68. The lowest BCUT2D eigenvalue weighted by molar-refractivity contribution is -0.384. The summed E-state index contributed by atoms with van der Waals surface area (Å²) in [5.41, 5.74) is 2.88. The van der Waals surface area contributed by atoms with Crippen molar-refractivity contribution in [2.75, 3.05) is 0 Å².